The summed E-state index contributed by atoms with van der Waals surface area (Å²) in [5.41, 5.74) is 7.41. The van der Waals surface area contributed by atoms with Crippen molar-refractivity contribution in [2.75, 3.05) is 26.2 Å². The molecule has 5 heteroatoms. The molecule has 2 heterocycles. The third kappa shape index (κ3) is 4.95. The van der Waals surface area contributed by atoms with Crippen molar-refractivity contribution in [3.8, 4) is 11.4 Å². The number of aromatic nitrogens is 2. The third-order valence-corrected chi connectivity index (χ3v) is 7.33. The first kappa shape index (κ1) is 22.9. The van der Waals surface area contributed by atoms with Crippen molar-refractivity contribution in [1.29, 1.82) is 0 Å². The zero-order chi connectivity index (χ0) is 23.5. The Hall–Kier alpha value is -2.92. The molecule has 0 saturated carbocycles. The molecule has 1 N–H and O–H groups in total. The molecule has 5 rings (SSSR count). The number of quaternary nitrogens is 1. The Morgan fingerprint density at radius 2 is 1.56 bits per heavy atom. The summed E-state index contributed by atoms with van der Waals surface area (Å²) in [7, 11) is 0. The molecule has 0 aliphatic carbocycles. The highest BCUT2D eigenvalue weighted by molar-refractivity contribution is 6.30. The Labute approximate surface area is 207 Å². The van der Waals surface area contributed by atoms with Gasteiger partial charge in [0, 0.05) is 53.6 Å². The van der Waals surface area contributed by atoms with Crippen LogP contribution >= 0.6 is 11.6 Å². The summed E-state index contributed by atoms with van der Waals surface area (Å²) >= 11 is 6.21. The summed E-state index contributed by atoms with van der Waals surface area (Å²) in [6.45, 7) is 10.3. The predicted molar refractivity (Wildman–Crippen MR) is 142 cm³/mol. The van der Waals surface area contributed by atoms with Gasteiger partial charge in [0.05, 0.1) is 18.8 Å². The van der Waals surface area contributed by atoms with Crippen LogP contribution in [-0.4, -0.2) is 41.0 Å². The van der Waals surface area contributed by atoms with Crippen LogP contribution in [0.2, 0.25) is 5.02 Å². The lowest BCUT2D eigenvalue weighted by molar-refractivity contribution is 0.123. The minimum absolute atomic E-state index is 0.790. The monoisotopic (exact) mass is 471 g/mol. The molecule has 174 valence electrons. The van der Waals surface area contributed by atoms with E-state index in [1.807, 2.05) is 12.1 Å². The number of aromatic amines is 1. The summed E-state index contributed by atoms with van der Waals surface area (Å²) in [4.78, 5) is 11.0. The fourth-order valence-corrected chi connectivity index (χ4v) is 5.08. The van der Waals surface area contributed by atoms with Crippen LogP contribution in [0.25, 0.3) is 11.4 Å². The Kier molecular flexibility index (Phi) is 6.55. The smallest absolute Gasteiger partial charge is 0.137 e. The number of benzene rings is 3. The molecule has 0 spiro atoms. The quantitative estimate of drug-likeness (QED) is 0.331. The molecule has 1 fully saturated rings. The Morgan fingerprint density at radius 3 is 2.24 bits per heavy atom. The maximum atomic E-state index is 6.21. The summed E-state index contributed by atoms with van der Waals surface area (Å²) < 4.78 is 0.950. The number of halogens is 1. The summed E-state index contributed by atoms with van der Waals surface area (Å²) in [6.07, 6.45) is 0. The molecule has 1 aliphatic heterocycles. The van der Waals surface area contributed by atoms with Gasteiger partial charge in [-0.05, 0) is 26.0 Å². The highest BCUT2D eigenvalue weighted by Crippen LogP contribution is 2.30. The molecule has 34 heavy (non-hydrogen) atoms. The van der Waals surface area contributed by atoms with E-state index in [0.29, 0.717) is 0 Å². The molecular weight excluding hydrogens is 440 g/mol. The van der Waals surface area contributed by atoms with Crippen LogP contribution in [0.5, 0.6) is 0 Å². The van der Waals surface area contributed by atoms with Gasteiger partial charge in [0.1, 0.15) is 18.1 Å². The average Bonchev–Trinajstić information content (AvgIpc) is 3.22. The normalized spacial score (nSPS) is 16.0. The lowest BCUT2D eigenvalue weighted by Crippen LogP contribution is -2.60. The molecule has 0 atom stereocenters. The van der Waals surface area contributed by atoms with Crippen LogP contribution in [-0.2, 0) is 13.1 Å². The number of nitrogens with one attached hydrogen (secondary N) is 1. The van der Waals surface area contributed by atoms with Gasteiger partial charge in [0.25, 0.3) is 0 Å². The van der Waals surface area contributed by atoms with Gasteiger partial charge in [0.2, 0.25) is 0 Å². The minimum Gasteiger partial charge on any atom is -0.342 e. The fraction of sp³-hybridized carbons (Fsp3) is 0.276. The molecule has 4 aromatic rings. The summed E-state index contributed by atoms with van der Waals surface area (Å²) in [5, 5.41) is 0.790. The Morgan fingerprint density at radius 1 is 0.882 bits per heavy atom. The molecule has 1 saturated heterocycles. The second-order valence-corrected chi connectivity index (χ2v) is 9.95. The second-order valence-electron chi connectivity index (χ2n) is 9.51. The van der Waals surface area contributed by atoms with Gasteiger partial charge >= 0.3 is 0 Å². The number of rotatable bonds is 6. The van der Waals surface area contributed by atoms with Gasteiger partial charge in [0.15, 0.2) is 0 Å². The van der Waals surface area contributed by atoms with E-state index in [0.717, 1.165) is 71.5 Å². The molecule has 0 radical (unpaired) electrons. The number of hydrogen-bond donors (Lipinski definition) is 1. The lowest BCUT2D eigenvalue weighted by Gasteiger charge is -2.44. The van der Waals surface area contributed by atoms with Crippen molar-refractivity contribution in [1.82, 2.24) is 19.4 Å². The second kappa shape index (κ2) is 9.75. The van der Waals surface area contributed by atoms with E-state index in [1.165, 1.54) is 16.8 Å². The summed E-state index contributed by atoms with van der Waals surface area (Å²) in [6, 6.07) is 27.8. The summed E-state index contributed by atoms with van der Waals surface area (Å²) in [5.74, 6) is 0.958. The molecule has 4 nitrogen and oxygen atoms in total. The number of hydrogen-bond acceptors (Lipinski definition) is 2. The number of aryl methyl sites for hydroxylation is 2. The highest BCUT2D eigenvalue weighted by Gasteiger charge is 2.35. The van der Waals surface area contributed by atoms with E-state index in [4.69, 9.17) is 16.6 Å². The van der Waals surface area contributed by atoms with E-state index in [9.17, 15) is 0 Å². The average molecular weight is 472 g/mol. The van der Waals surface area contributed by atoms with E-state index < -0.39 is 0 Å². The van der Waals surface area contributed by atoms with E-state index in [2.05, 4.69) is 90.5 Å². The Bertz CT molecular complexity index is 1220. The first-order chi connectivity index (χ1) is 16.5. The molecule has 0 amide bonds. The zero-order valence-corrected chi connectivity index (χ0v) is 20.7. The van der Waals surface area contributed by atoms with Crippen molar-refractivity contribution in [2.24, 2.45) is 0 Å². The SMILES string of the molecule is Cc1ccc(-c2nc(CN3CC[N+](Cc4ccccc4)(c4ccc(Cl)cc4)CC3)c(C)[nH]2)cc1. The van der Waals surface area contributed by atoms with Gasteiger partial charge < -0.3 is 4.98 Å². The van der Waals surface area contributed by atoms with Gasteiger partial charge in [-0.2, -0.15) is 0 Å². The Balaban J connectivity index is 1.32. The number of piperazine rings is 1. The first-order valence-corrected chi connectivity index (χ1v) is 12.4. The highest BCUT2D eigenvalue weighted by atomic mass is 35.5. The molecule has 1 aliphatic rings. The van der Waals surface area contributed by atoms with E-state index in [-0.39, 0.29) is 0 Å². The van der Waals surface area contributed by atoms with Gasteiger partial charge in [-0.25, -0.2) is 4.98 Å². The van der Waals surface area contributed by atoms with Crippen LogP contribution in [0.4, 0.5) is 5.69 Å². The van der Waals surface area contributed by atoms with Crippen molar-refractivity contribution in [3.63, 3.8) is 0 Å². The number of H-pyrrole nitrogens is 1. The van der Waals surface area contributed by atoms with Crippen LogP contribution < -0.4 is 4.48 Å². The fourth-order valence-electron chi connectivity index (χ4n) is 4.96. The van der Waals surface area contributed by atoms with Gasteiger partial charge in [-0.1, -0.05) is 71.8 Å². The van der Waals surface area contributed by atoms with E-state index in [1.54, 1.807) is 0 Å². The van der Waals surface area contributed by atoms with Crippen molar-refractivity contribution in [3.05, 3.63) is 106 Å². The maximum Gasteiger partial charge on any atom is 0.137 e. The van der Waals surface area contributed by atoms with Crippen LogP contribution in [0, 0.1) is 13.8 Å². The topological polar surface area (TPSA) is 31.9 Å². The maximum absolute atomic E-state index is 6.21. The minimum atomic E-state index is 0.790. The van der Waals surface area contributed by atoms with Crippen molar-refractivity contribution >= 4 is 17.3 Å². The van der Waals surface area contributed by atoms with Crippen LogP contribution in [0.3, 0.4) is 0 Å². The number of imidazole rings is 1. The lowest BCUT2D eigenvalue weighted by atomic mass is 10.1. The third-order valence-electron chi connectivity index (χ3n) is 7.07. The van der Waals surface area contributed by atoms with Crippen LogP contribution in [0.1, 0.15) is 22.5 Å². The molecule has 3 aromatic carbocycles. The largest absolute Gasteiger partial charge is 0.342 e. The number of nitrogens with zero attached hydrogens (tertiary/aromatic N) is 3. The van der Waals surface area contributed by atoms with Gasteiger partial charge in [-0.3, -0.25) is 9.38 Å². The first-order valence-electron chi connectivity index (χ1n) is 12.0. The van der Waals surface area contributed by atoms with E-state index >= 15 is 0 Å². The molecule has 1 aromatic heterocycles. The molecule has 0 bridgehead atoms. The van der Waals surface area contributed by atoms with Crippen LogP contribution in [0.15, 0.2) is 78.9 Å². The zero-order valence-electron chi connectivity index (χ0n) is 20.0. The predicted octanol–water partition coefficient (Wildman–Crippen LogP) is 6.37. The van der Waals surface area contributed by atoms with Crippen molar-refractivity contribution < 1.29 is 0 Å². The standard InChI is InChI=1S/C29H32ClN4/c1-22-8-10-25(11-9-22)29-31-23(2)28(32-29)20-33-16-18-34(19-17-33,21-24-6-4-3-5-7-24)27-14-12-26(30)13-15-27/h3-15H,16-21H2,1-2H3,(H,31,32)/q+1. The molecular formula is C29H32ClN4+. The van der Waals surface area contributed by atoms with Crippen molar-refractivity contribution in [2.45, 2.75) is 26.9 Å². The van der Waals surface area contributed by atoms with Gasteiger partial charge in [-0.15, -0.1) is 0 Å². The molecule has 0 unspecified atom stereocenters.